The molecule has 2 N–H and O–H groups in total. The van der Waals surface area contributed by atoms with Crippen LogP contribution in [0.2, 0.25) is 0 Å². The van der Waals surface area contributed by atoms with Crippen molar-refractivity contribution in [3.05, 3.63) is 35.9 Å². The predicted molar refractivity (Wildman–Crippen MR) is 129 cm³/mol. The molecule has 0 spiro atoms. The normalized spacial score (nSPS) is 20.7. The zero-order chi connectivity index (χ0) is 21.9. The van der Waals surface area contributed by atoms with E-state index in [1.165, 1.54) is 12.0 Å². The quantitative estimate of drug-likeness (QED) is 0.467. The van der Waals surface area contributed by atoms with Crippen molar-refractivity contribution >= 4 is 5.96 Å². The number of aliphatic imine (C=N–C) groups is 1. The first-order valence-electron chi connectivity index (χ1n) is 12.3. The summed E-state index contributed by atoms with van der Waals surface area (Å²) in [6.07, 6.45) is 3.51. The van der Waals surface area contributed by atoms with E-state index in [1.54, 1.807) is 0 Å². The molecule has 0 bridgehead atoms. The van der Waals surface area contributed by atoms with Crippen LogP contribution in [0.25, 0.3) is 0 Å². The van der Waals surface area contributed by atoms with Gasteiger partial charge in [-0.2, -0.15) is 0 Å². The van der Waals surface area contributed by atoms with Gasteiger partial charge < -0.3 is 15.4 Å². The molecular formula is C25H43N5O. The number of piperidine rings is 1. The van der Waals surface area contributed by atoms with E-state index in [9.17, 15) is 0 Å². The molecule has 1 atom stereocenters. The van der Waals surface area contributed by atoms with Gasteiger partial charge in [-0.15, -0.1) is 0 Å². The van der Waals surface area contributed by atoms with E-state index in [1.807, 2.05) is 0 Å². The Hall–Kier alpha value is -1.63. The van der Waals surface area contributed by atoms with E-state index in [0.29, 0.717) is 18.0 Å². The van der Waals surface area contributed by atoms with Crippen LogP contribution in [0.5, 0.6) is 0 Å². The summed E-state index contributed by atoms with van der Waals surface area (Å²) < 4.78 is 5.56. The fourth-order valence-electron chi connectivity index (χ4n) is 4.61. The van der Waals surface area contributed by atoms with Crippen LogP contribution in [0.15, 0.2) is 35.3 Å². The highest BCUT2D eigenvalue weighted by Crippen LogP contribution is 2.15. The van der Waals surface area contributed by atoms with Gasteiger partial charge in [-0.25, -0.2) is 0 Å². The van der Waals surface area contributed by atoms with E-state index in [2.05, 4.69) is 71.5 Å². The maximum Gasteiger partial charge on any atom is 0.191 e. The van der Waals surface area contributed by atoms with Crippen molar-refractivity contribution in [2.45, 2.75) is 58.7 Å². The second-order valence-corrected chi connectivity index (χ2v) is 9.33. The zero-order valence-corrected chi connectivity index (χ0v) is 19.9. The maximum absolute atomic E-state index is 5.56. The average molecular weight is 430 g/mol. The Morgan fingerprint density at radius 1 is 1.10 bits per heavy atom. The summed E-state index contributed by atoms with van der Waals surface area (Å²) >= 11 is 0. The Morgan fingerprint density at radius 3 is 2.45 bits per heavy atom. The molecule has 2 heterocycles. The maximum atomic E-state index is 5.56. The number of nitrogens with one attached hydrogen (secondary N) is 2. The molecule has 6 nitrogen and oxygen atoms in total. The number of hydrogen-bond acceptors (Lipinski definition) is 4. The molecule has 1 aromatic rings. The number of hydrogen-bond donors (Lipinski definition) is 2. The molecule has 1 unspecified atom stereocenters. The second-order valence-electron chi connectivity index (χ2n) is 9.33. The van der Waals surface area contributed by atoms with Gasteiger partial charge >= 0.3 is 0 Å². The van der Waals surface area contributed by atoms with Crippen molar-refractivity contribution in [1.82, 2.24) is 20.4 Å². The van der Waals surface area contributed by atoms with Crippen LogP contribution in [0.3, 0.4) is 0 Å². The number of guanidine groups is 1. The molecule has 2 saturated heterocycles. The van der Waals surface area contributed by atoms with Crippen LogP contribution < -0.4 is 10.6 Å². The van der Waals surface area contributed by atoms with E-state index in [4.69, 9.17) is 9.73 Å². The van der Waals surface area contributed by atoms with Gasteiger partial charge in [0.1, 0.15) is 0 Å². The molecule has 31 heavy (non-hydrogen) atoms. The Morgan fingerprint density at radius 2 is 1.81 bits per heavy atom. The van der Waals surface area contributed by atoms with Crippen molar-refractivity contribution in [3.63, 3.8) is 0 Å². The molecule has 2 aliphatic heterocycles. The highest BCUT2D eigenvalue weighted by Gasteiger charge is 2.23. The predicted octanol–water partition coefficient (Wildman–Crippen LogP) is 2.95. The third-order valence-electron chi connectivity index (χ3n) is 6.29. The molecule has 0 saturated carbocycles. The number of rotatable bonds is 9. The molecule has 6 heteroatoms. The van der Waals surface area contributed by atoms with Crippen LogP contribution in [-0.2, 0) is 11.3 Å². The third-order valence-corrected chi connectivity index (χ3v) is 6.29. The second kappa shape index (κ2) is 13.0. The van der Waals surface area contributed by atoms with Crippen molar-refractivity contribution in [1.29, 1.82) is 0 Å². The van der Waals surface area contributed by atoms with Crippen LogP contribution in [-0.4, -0.2) is 80.3 Å². The minimum atomic E-state index is 0.493. The monoisotopic (exact) mass is 429 g/mol. The van der Waals surface area contributed by atoms with Gasteiger partial charge in [-0.05, 0) is 37.7 Å². The summed E-state index contributed by atoms with van der Waals surface area (Å²) in [5.41, 5.74) is 1.41. The van der Waals surface area contributed by atoms with E-state index in [0.717, 1.165) is 77.8 Å². The van der Waals surface area contributed by atoms with E-state index >= 15 is 0 Å². The standard InChI is InChI=1S/C25H43N5O/c1-4-26-25(27-19-24(18-21(2)3)30-14-16-31-17-15-30)28-23-10-12-29(13-11-23)20-22-8-6-5-7-9-22/h5-9,21,23-24H,4,10-20H2,1-3H3,(H2,26,27,28). The molecule has 2 aliphatic rings. The fourth-order valence-corrected chi connectivity index (χ4v) is 4.61. The Balaban J connectivity index is 1.50. The molecule has 0 radical (unpaired) electrons. The fraction of sp³-hybridized carbons (Fsp3) is 0.720. The van der Waals surface area contributed by atoms with Gasteiger partial charge in [0.25, 0.3) is 0 Å². The largest absolute Gasteiger partial charge is 0.379 e. The topological polar surface area (TPSA) is 52.1 Å². The van der Waals surface area contributed by atoms with Crippen molar-refractivity contribution in [2.24, 2.45) is 10.9 Å². The van der Waals surface area contributed by atoms with Crippen LogP contribution in [0.4, 0.5) is 0 Å². The molecular weight excluding hydrogens is 386 g/mol. The number of nitrogens with zero attached hydrogens (tertiary/aromatic N) is 3. The molecule has 0 aromatic heterocycles. The smallest absolute Gasteiger partial charge is 0.191 e. The first kappa shape index (κ1) is 24.0. The summed E-state index contributed by atoms with van der Waals surface area (Å²) in [5, 5.41) is 7.20. The average Bonchev–Trinajstić information content (AvgIpc) is 2.79. The summed E-state index contributed by atoms with van der Waals surface area (Å²) in [7, 11) is 0. The first-order valence-corrected chi connectivity index (χ1v) is 12.3. The van der Waals surface area contributed by atoms with Gasteiger partial charge in [0.2, 0.25) is 0 Å². The molecule has 0 aliphatic carbocycles. The lowest BCUT2D eigenvalue weighted by Gasteiger charge is -2.35. The van der Waals surface area contributed by atoms with E-state index < -0.39 is 0 Å². The SMILES string of the molecule is CCNC(=NCC(CC(C)C)N1CCOCC1)NC1CCN(Cc2ccccc2)CC1. The molecule has 3 rings (SSSR count). The van der Waals surface area contributed by atoms with Gasteiger partial charge in [0.05, 0.1) is 19.8 Å². The van der Waals surface area contributed by atoms with Gasteiger partial charge in [0, 0.05) is 51.4 Å². The highest BCUT2D eigenvalue weighted by molar-refractivity contribution is 5.80. The van der Waals surface area contributed by atoms with Crippen molar-refractivity contribution in [2.75, 3.05) is 52.5 Å². The van der Waals surface area contributed by atoms with Gasteiger partial charge in [-0.3, -0.25) is 14.8 Å². The van der Waals surface area contributed by atoms with Crippen LogP contribution >= 0.6 is 0 Å². The number of likely N-dealkylation sites (tertiary alicyclic amines) is 1. The number of benzene rings is 1. The highest BCUT2D eigenvalue weighted by atomic mass is 16.5. The van der Waals surface area contributed by atoms with Gasteiger partial charge in [0.15, 0.2) is 5.96 Å². The van der Waals surface area contributed by atoms with Gasteiger partial charge in [-0.1, -0.05) is 44.2 Å². The lowest BCUT2D eigenvalue weighted by Crippen LogP contribution is -2.49. The summed E-state index contributed by atoms with van der Waals surface area (Å²) in [6.45, 7) is 15.6. The van der Waals surface area contributed by atoms with Crippen LogP contribution in [0, 0.1) is 5.92 Å². The molecule has 1 aromatic carbocycles. The zero-order valence-electron chi connectivity index (χ0n) is 19.9. The molecule has 174 valence electrons. The molecule has 2 fully saturated rings. The third kappa shape index (κ3) is 8.43. The summed E-state index contributed by atoms with van der Waals surface area (Å²) in [6, 6.07) is 11.8. The van der Waals surface area contributed by atoms with Crippen molar-refractivity contribution in [3.8, 4) is 0 Å². The van der Waals surface area contributed by atoms with Crippen molar-refractivity contribution < 1.29 is 4.74 Å². The Kier molecular flexibility index (Phi) is 10.1. The number of morpholine rings is 1. The number of ether oxygens (including phenoxy) is 1. The lowest BCUT2D eigenvalue weighted by molar-refractivity contribution is 0.0143. The lowest BCUT2D eigenvalue weighted by atomic mass is 10.0. The Bertz CT molecular complexity index is 637. The van der Waals surface area contributed by atoms with E-state index in [-0.39, 0.29) is 0 Å². The first-order chi connectivity index (χ1) is 15.1. The summed E-state index contributed by atoms with van der Waals surface area (Å²) in [4.78, 5) is 10.2. The minimum Gasteiger partial charge on any atom is -0.379 e. The molecule has 0 amide bonds. The minimum absolute atomic E-state index is 0.493. The van der Waals surface area contributed by atoms with Crippen LogP contribution in [0.1, 0.15) is 45.6 Å². The summed E-state index contributed by atoms with van der Waals surface area (Å²) in [5.74, 6) is 1.65. The Labute approximate surface area is 189 Å².